The van der Waals surface area contributed by atoms with Crippen LogP contribution in [0.4, 0.5) is 0 Å². The summed E-state index contributed by atoms with van der Waals surface area (Å²) < 4.78 is 6.69. The van der Waals surface area contributed by atoms with Crippen LogP contribution in [0, 0.1) is 0 Å². The highest BCUT2D eigenvalue weighted by atomic mass is 79.9. The summed E-state index contributed by atoms with van der Waals surface area (Å²) in [5, 5.41) is 4.83. The van der Waals surface area contributed by atoms with Gasteiger partial charge in [-0.2, -0.15) is 0 Å². The van der Waals surface area contributed by atoms with Gasteiger partial charge in [0, 0.05) is 28.0 Å². The fraction of sp³-hybridized carbons (Fsp3) is 0.429. The van der Waals surface area contributed by atoms with Crippen LogP contribution in [0.5, 0.6) is 0 Å². The standard InChI is InChI=1S/C14H16BrNO/c15-12-6-3-7-13-14(12)10(9-17-13)8-16-11-4-1-2-5-11/h3,6-7,9,11,16H,1-2,4-5,8H2. The van der Waals surface area contributed by atoms with E-state index in [9.17, 15) is 0 Å². The highest BCUT2D eigenvalue weighted by molar-refractivity contribution is 9.10. The molecule has 1 aromatic carbocycles. The molecule has 1 fully saturated rings. The van der Waals surface area contributed by atoms with Gasteiger partial charge in [-0.05, 0) is 25.0 Å². The second-order valence-corrected chi connectivity index (χ2v) is 5.59. The SMILES string of the molecule is Brc1cccc2occ(CNC3CCCC3)c12. The summed E-state index contributed by atoms with van der Waals surface area (Å²) in [6, 6.07) is 6.78. The number of furan rings is 1. The number of hydrogen-bond donors (Lipinski definition) is 1. The van der Waals surface area contributed by atoms with Crippen LogP contribution in [-0.4, -0.2) is 6.04 Å². The Balaban J connectivity index is 1.80. The molecule has 1 N–H and O–H groups in total. The summed E-state index contributed by atoms with van der Waals surface area (Å²) in [4.78, 5) is 0. The predicted molar refractivity (Wildman–Crippen MR) is 73.0 cm³/mol. The molecular formula is C14H16BrNO. The van der Waals surface area contributed by atoms with Crippen molar-refractivity contribution in [2.24, 2.45) is 0 Å². The third-order valence-corrected chi connectivity index (χ3v) is 4.22. The minimum absolute atomic E-state index is 0.697. The third kappa shape index (κ3) is 2.26. The Hall–Kier alpha value is -0.800. The van der Waals surface area contributed by atoms with Crippen LogP contribution in [0.25, 0.3) is 11.0 Å². The van der Waals surface area contributed by atoms with Crippen LogP contribution in [0.2, 0.25) is 0 Å². The van der Waals surface area contributed by atoms with Gasteiger partial charge in [-0.25, -0.2) is 0 Å². The molecule has 1 saturated carbocycles. The molecule has 2 nitrogen and oxygen atoms in total. The van der Waals surface area contributed by atoms with Crippen molar-refractivity contribution < 1.29 is 4.42 Å². The fourth-order valence-electron chi connectivity index (χ4n) is 2.62. The van der Waals surface area contributed by atoms with Gasteiger partial charge in [-0.3, -0.25) is 0 Å². The Morgan fingerprint density at radius 2 is 2.12 bits per heavy atom. The van der Waals surface area contributed by atoms with E-state index in [0.29, 0.717) is 6.04 Å². The van der Waals surface area contributed by atoms with Crippen LogP contribution in [0.3, 0.4) is 0 Å². The third-order valence-electron chi connectivity index (χ3n) is 3.56. The Labute approximate surface area is 110 Å². The van der Waals surface area contributed by atoms with Crippen molar-refractivity contribution in [2.45, 2.75) is 38.3 Å². The summed E-state index contributed by atoms with van der Waals surface area (Å²) in [7, 11) is 0. The summed E-state index contributed by atoms with van der Waals surface area (Å²) in [5.74, 6) is 0. The first-order valence-corrected chi connectivity index (χ1v) is 7.02. The molecule has 0 aliphatic heterocycles. The molecule has 0 atom stereocenters. The lowest BCUT2D eigenvalue weighted by molar-refractivity contribution is 0.520. The molecule has 1 heterocycles. The maximum atomic E-state index is 5.58. The van der Waals surface area contributed by atoms with E-state index in [0.717, 1.165) is 16.6 Å². The molecule has 1 aliphatic rings. The Morgan fingerprint density at radius 1 is 1.29 bits per heavy atom. The van der Waals surface area contributed by atoms with E-state index < -0.39 is 0 Å². The molecule has 0 bridgehead atoms. The summed E-state index contributed by atoms with van der Waals surface area (Å²) in [6.45, 7) is 0.903. The van der Waals surface area contributed by atoms with Crippen molar-refractivity contribution in [1.82, 2.24) is 5.32 Å². The fourth-order valence-corrected chi connectivity index (χ4v) is 3.22. The Morgan fingerprint density at radius 3 is 2.94 bits per heavy atom. The van der Waals surface area contributed by atoms with Crippen molar-refractivity contribution in [3.8, 4) is 0 Å². The highest BCUT2D eigenvalue weighted by Crippen LogP contribution is 2.29. The first-order chi connectivity index (χ1) is 8.34. The summed E-state index contributed by atoms with van der Waals surface area (Å²) in [5.41, 5.74) is 2.21. The molecule has 0 radical (unpaired) electrons. The lowest BCUT2D eigenvalue weighted by Gasteiger charge is -2.10. The van der Waals surface area contributed by atoms with Crippen molar-refractivity contribution in [3.05, 3.63) is 34.5 Å². The largest absolute Gasteiger partial charge is 0.464 e. The van der Waals surface area contributed by atoms with E-state index in [4.69, 9.17) is 4.42 Å². The number of rotatable bonds is 3. The van der Waals surface area contributed by atoms with E-state index in [1.807, 2.05) is 18.4 Å². The van der Waals surface area contributed by atoms with Crippen LogP contribution >= 0.6 is 15.9 Å². The molecule has 0 unspecified atom stereocenters. The smallest absolute Gasteiger partial charge is 0.135 e. The predicted octanol–water partition coefficient (Wildman–Crippen LogP) is 4.23. The maximum absolute atomic E-state index is 5.58. The minimum atomic E-state index is 0.697. The Bertz CT molecular complexity index is 514. The molecule has 0 spiro atoms. The molecule has 1 aromatic heterocycles. The monoisotopic (exact) mass is 293 g/mol. The van der Waals surface area contributed by atoms with E-state index in [2.05, 4.69) is 27.3 Å². The van der Waals surface area contributed by atoms with Crippen LogP contribution in [0.15, 0.2) is 33.4 Å². The summed E-state index contributed by atoms with van der Waals surface area (Å²) in [6.07, 6.45) is 7.24. The number of hydrogen-bond acceptors (Lipinski definition) is 2. The van der Waals surface area contributed by atoms with Gasteiger partial charge < -0.3 is 9.73 Å². The lowest BCUT2D eigenvalue weighted by atomic mass is 10.1. The number of nitrogens with one attached hydrogen (secondary N) is 1. The van der Waals surface area contributed by atoms with Gasteiger partial charge in [0.1, 0.15) is 5.58 Å². The molecule has 2 aromatic rings. The van der Waals surface area contributed by atoms with Crippen LogP contribution < -0.4 is 5.32 Å². The van der Waals surface area contributed by atoms with E-state index in [1.54, 1.807) is 0 Å². The molecule has 1 aliphatic carbocycles. The van der Waals surface area contributed by atoms with Crippen LogP contribution in [0.1, 0.15) is 31.2 Å². The number of halogens is 1. The first kappa shape index (κ1) is 11.3. The number of benzene rings is 1. The first-order valence-electron chi connectivity index (χ1n) is 6.22. The maximum Gasteiger partial charge on any atom is 0.135 e. The zero-order chi connectivity index (χ0) is 11.7. The van der Waals surface area contributed by atoms with Crippen molar-refractivity contribution in [2.75, 3.05) is 0 Å². The molecule has 3 rings (SSSR count). The quantitative estimate of drug-likeness (QED) is 0.916. The van der Waals surface area contributed by atoms with E-state index in [-0.39, 0.29) is 0 Å². The highest BCUT2D eigenvalue weighted by Gasteiger charge is 2.15. The average molecular weight is 294 g/mol. The average Bonchev–Trinajstić information content (AvgIpc) is 2.95. The van der Waals surface area contributed by atoms with Crippen molar-refractivity contribution in [3.63, 3.8) is 0 Å². The lowest BCUT2D eigenvalue weighted by Crippen LogP contribution is -2.25. The van der Waals surface area contributed by atoms with Gasteiger partial charge in [0.15, 0.2) is 0 Å². The van der Waals surface area contributed by atoms with Gasteiger partial charge in [0.05, 0.1) is 6.26 Å². The summed E-state index contributed by atoms with van der Waals surface area (Å²) >= 11 is 3.59. The zero-order valence-electron chi connectivity index (χ0n) is 9.71. The van der Waals surface area contributed by atoms with Gasteiger partial charge in [0.25, 0.3) is 0 Å². The molecule has 0 amide bonds. The zero-order valence-corrected chi connectivity index (χ0v) is 11.3. The molecule has 3 heteroatoms. The molecule has 17 heavy (non-hydrogen) atoms. The topological polar surface area (TPSA) is 25.2 Å². The Kier molecular flexibility index (Phi) is 3.21. The molecule has 90 valence electrons. The van der Waals surface area contributed by atoms with Gasteiger partial charge in [-0.1, -0.05) is 34.8 Å². The van der Waals surface area contributed by atoms with Crippen molar-refractivity contribution >= 4 is 26.9 Å². The van der Waals surface area contributed by atoms with E-state index in [1.165, 1.54) is 36.6 Å². The van der Waals surface area contributed by atoms with Crippen LogP contribution in [-0.2, 0) is 6.54 Å². The molecular weight excluding hydrogens is 278 g/mol. The second kappa shape index (κ2) is 4.83. The normalized spacial score (nSPS) is 17.0. The van der Waals surface area contributed by atoms with Gasteiger partial charge in [0.2, 0.25) is 0 Å². The minimum Gasteiger partial charge on any atom is -0.464 e. The number of fused-ring (bicyclic) bond motifs is 1. The second-order valence-electron chi connectivity index (χ2n) is 4.74. The van der Waals surface area contributed by atoms with Gasteiger partial charge >= 0.3 is 0 Å². The van der Waals surface area contributed by atoms with E-state index >= 15 is 0 Å². The van der Waals surface area contributed by atoms with Gasteiger partial charge in [-0.15, -0.1) is 0 Å². The van der Waals surface area contributed by atoms with Crippen molar-refractivity contribution in [1.29, 1.82) is 0 Å². The molecule has 0 saturated heterocycles.